The first kappa shape index (κ1) is 30.3. The molecule has 26 heavy (non-hydrogen) atoms. The van der Waals surface area contributed by atoms with Gasteiger partial charge in [0.15, 0.2) is 0 Å². The van der Waals surface area contributed by atoms with E-state index in [1.807, 2.05) is 27.7 Å². The average Bonchev–Trinajstić information content (AvgIpc) is 2.21. The summed E-state index contributed by atoms with van der Waals surface area (Å²) in [5, 5.41) is 9.19. The summed E-state index contributed by atoms with van der Waals surface area (Å²) in [6, 6.07) is 0. The van der Waals surface area contributed by atoms with Gasteiger partial charge in [0.25, 0.3) is 5.60 Å². The fraction of sp³-hybridized carbons (Fsp3) is 1.00. The van der Waals surface area contributed by atoms with Crippen LogP contribution in [0.5, 0.6) is 0 Å². The van der Waals surface area contributed by atoms with Gasteiger partial charge in [-0.1, -0.05) is 63.3 Å². The lowest BCUT2D eigenvalue weighted by Crippen LogP contribution is -2.56. The maximum absolute atomic E-state index is 12.7. The van der Waals surface area contributed by atoms with Crippen LogP contribution in [0.3, 0.4) is 0 Å². The molecule has 0 fully saturated rings. The number of alkyl halides is 6. The van der Waals surface area contributed by atoms with E-state index in [0.29, 0.717) is 6.42 Å². The van der Waals surface area contributed by atoms with Gasteiger partial charge >= 0.3 is 12.4 Å². The van der Waals surface area contributed by atoms with Crippen LogP contribution in [0.15, 0.2) is 0 Å². The summed E-state index contributed by atoms with van der Waals surface area (Å²) < 4.78 is 76.1. The normalized spacial score (nSPS) is 14.5. The molecule has 1 N–H and O–H groups in total. The van der Waals surface area contributed by atoms with Crippen molar-refractivity contribution >= 4 is 0 Å². The molecule has 0 bridgehead atoms. The van der Waals surface area contributed by atoms with Crippen molar-refractivity contribution < 1.29 is 31.4 Å². The van der Waals surface area contributed by atoms with Crippen LogP contribution in [0.1, 0.15) is 89.0 Å². The zero-order chi connectivity index (χ0) is 19.8. The molecule has 0 aromatic rings. The Balaban J connectivity index is -0.00000264. The first-order chi connectivity index (χ1) is 10.2. The Morgan fingerprint density at radius 1 is 0.654 bits per heavy atom. The summed E-state index contributed by atoms with van der Waals surface area (Å²) in [5.41, 5.74) is -5.27. The highest BCUT2D eigenvalue weighted by Gasteiger charge is 2.69. The molecule has 0 spiro atoms. The highest BCUT2D eigenvalue weighted by molar-refractivity contribution is 4.94. The van der Waals surface area contributed by atoms with Gasteiger partial charge in [0.1, 0.15) is 0 Å². The van der Waals surface area contributed by atoms with Gasteiger partial charge in [-0.25, -0.2) is 0 Å². The molecular weight excluding hydrogens is 358 g/mol. The van der Waals surface area contributed by atoms with E-state index in [1.54, 1.807) is 0 Å². The van der Waals surface area contributed by atoms with E-state index in [4.69, 9.17) is 0 Å². The molecule has 0 saturated carbocycles. The Bertz CT molecular complexity index is 399. The maximum Gasteiger partial charge on any atom is 0.426 e. The van der Waals surface area contributed by atoms with Crippen LogP contribution in [0.25, 0.3) is 0 Å². The monoisotopic (exact) mass is 396 g/mol. The smallest absolute Gasteiger partial charge is 0.374 e. The molecule has 1 nitrogen and oxygen atoms in total. The van der Waals surface area contributed by atoms with Crippen molar-refractivity contribution in [2.24, 2.45) is 16.2 Å². The fourth-order valence-corrected chi connectivity index (χ4v) is 2.82. The third-order valence-electron chi connectivity index (χ3n) is 5.28. The molecule has 0 rings (SSSR count). The number of hydrogen-bond donors (Lipinski definition) is 1. The minimum atomic E-state index is -5.74. The molecular formula is C19H38F6O. The molecule has 0 atom stereocenters. The predicted octanol–water partition coefficient (Wildman–Crippen LogP) is 7.77. The van der Waals surface area contributed by atoms with Crippen molar-refractivity contribution in [2.45, 2.75) is 107 Å². The number of aliphatic hydroxyl groups is 1. The van der Waals surface area contributed by atoms with Crippen LogP contribution in [-0.4, -0.2) is 23.1 Å². The summed E-state index contributed by atoms with van der Waals surface area (Å²) >= 11 is 0. The van der Waals surface area contributed by atoms with Gasteiger partial charge in [0.05, 0.1) is 0 Å². The standard InChI is InChI=1S/C17H30F6O.2CH4/c1-12(2,3)14(6,7)11-13(4,5)9-8-10-15(24,16(18,19)20)17(21,22)23;;/h24H,8-11H2,1-7H3;2*1H4. The van der Waals surface area contributed by atoms with Crippen molar-refractivity contribution in [2.75, 3.05) is 0 Å². The van der Waals surface area contributed by atoms with Crippen molar-refractivity contribution in [3.63, 3.8) is 0 Å². The molecule has 0 amide bonds. The summed E-state index contributed by atoms with van der Waals surface area (Å²) in [5.74, 6) is 0. The minimum absolute atomic E-state index is 0. The van der Waals surface area contributed by atoms with Crippen molar-refractivity contribution in [3.8, 4) is 0 Å². The second-order valence-corrected chi connectivity index (χ2v) is 9.18. The first-order valence-corrected chi connectivity index (χ1v) is 8.02. The molecule has 0 aliphatic carbocycles. The molecule has 0 unspecified atom stereocenters. The Morgan fingerprint density at radius 2 is 1.00 bits per heavy atom. The van der Waals surface area contributed by atoms with E-state index in [0.717, 1.165) is 0 Å². The molecule has 0 saturated heterocycles. The Kier molecular flexibility index (Phi) is 10.1. The van der Waals surface area contributed by atoms with E-state index in [-0.39, 0.29) is 38.5 Å². The fourth-order valence-electron chi connectivity index (χ4n) is 2.82. The van der Waals surface area contributed by atoms with E-state index in [2.05, 4.69) is 20.8 Å². The quantitative estimate of drug-likeness (QED) is 0.455. The molecule has 0 aromatic carbocycles. The van der Waals surface area contributed by atoms with E-state index >= 15 is 0 Å². The highest BCUT2D eigenvalue weighted by Crippen LogP contribution is 2.49. The van der Waals surface area contributed by atoms with Gasteiger partial charge in [-0.3, -0.25) is 0 Å². The summed E-state index contributed by atoms with van der Waals surface area (Å²) in [6.07, 6.45) is -12.4. The average molecular weight is 397 g/mol. The third-order valence-corrected chi connectivity index (χ3v) is 5.28. The zero-order valence-electron chi connectivity index (χ0n) is 15.5. The van der Waals surface area contributed by atoms with E-state index in [9.17, 15) is 31.4 Å². The van der Waals surface area contributed by atoms with Crippen LogP contribution < -0.4 is 0 Å². The second kappa shape index (κ2) is 8.70. The van der Waals surface area contributed by atoms with Gasteiger partial charge in [-0.15, -0.1) is 0 Å². The zero-order valence-corrected chi connectivity index (χ0v) is 15.5. The van der Waals surface area contributed by atoms with Crippen molar-refractivity contribution in [1.82, 2.24) is 0 Å². The lowest BCUT2D eigenvalue weighted by molar-refractivity contribution is -0.370. The van der Waals surface area contributed by atoms with Crippen LogP contribution in [0.4, 0.5) is 26.3 Å². The predicted molar refractivity (Wildman–Crippen MR) is 96.0 cm³/mol. The largest absolute Gasteiger partial charge is 0.426 e. The van der Waals surface area contributed by atoms with Crippen LogP contribution >= 0.6 is 0 Å². The summed E-state index contributed by atoms with van der Waals surface area (Å²) in [6.45, 7) is 13.9. The van der Waals surface area contributed by atoms with Gasteiger partial charge in [0, 0.05) is 0 Å². The topological polar surface area (TPSA) is 20.2 Å². The maximum atomic E-state index is 12.7. The van der Waals surface area contributed by atoms with Gasteiger partial charge in [-0.2, -0.15) is 26.3 Å². The molecule has 7 heteroatoms. The minimum Gasteiger partial charge on any atom is -0.374 e. The number of rotatable bonds is 6. The molecule has 0 aromatic heterocycles. The second-order valence-electron chi connectivity index (χ2n) is 9.18. The highest BCUT2D eigenvalue weighted by atomic mass is 19.4. The van der Waals surface area contributed by atoms with Gasteiger partial charge < -0.3 is 5.11 Å². The summed E-state index contributed by atoms with van der Waals surface area (Å²) in [4.78, 5) is 0. The van der Waals surface area contributed by atoms with E-state index in [1.165, 1.54) is 0 Å². The third kappa shape index (κ3) is 7.28. The Hall–Kier alpha value is -0.460. The lowest BCUT2D eigenvalue weighted by Gasteiger charge is -2.44. The molecule has 162 valence electrons. The van der Waals surface area contributed by atoms with Gasteiger partial charge in [-0.05, 0) is 41.9 Å². The van der Waals surface area contributed by atoms with Crippen LogP contribution in [-0.2, 0) is 0 Å². The Morgan fingerprint density at radius 3 is 1.27 bits per heavy atom. The van der Waals surface area contributed by atoms with E-state index < -0.39 is 29.8 Å². The SMILES string of the molecule is C.C.CC(C)(CCCC(O)(C(F)(F)F)C(F)(F)F)CC(C)(C)C(C)(C)C. The first-order valence-electron chi connectivity index (χ1n) is 8.02. The number of hydrogen-bond acceptors (Lipinski definition) is 1. The molecule has 0 aliphatic heterocycles. The van der Waals surface area contributed by atoms with Crippen molar-refractivity contribution in [1.29, 1.82) is 0 Å². The van der Waals surface area contributed by atoms with Crippen molar-refractivity contribution in [3.05, 3.63) is 0 Å². The van der Waals surface area contributed by atoms with Crippen LogP contribution in [0.2, 0.25) is 0 Å². The number of halogens is 6. The molecule has 0 heterocycles. The summed E-state index contributed by atoms with van der Waals surface area (Å²) in [7, 11) is 0. The van der Waals surface area contributed by atoms with Crippen LogP contribution in [0, 0.1) is 16.2 Å². The lowest BCUT2D eigenvalue weighted by atomic mass is 9.61. The molecule has 0 aliphatic rings. The molecule has 0 radical (unpaired) electrons. The Labute approximate surface area is 155 Å². The van der Waals surface area contributed by atoms with Gasteiger partial charge in [0.2, 0.25) is 0 Å².